The van der Waals surface area contributed by atoms with Crippen molar-refractivity contribution in [2.24, 2.45) is 0 Å². The highest BCUT2D eigenvalue weighted by atomic mass is 35.5. The Morgan fingerprint density at radius 2 is 1.19 bits per heavy atom. The number of hydrogen-bond acceptors (Lipinski definition) is 3. The third-order valence-corrected chi connectivity index (χ3v) is 4.84. The van der Waals surface area contributed by atoms with Crippen LogP contribution in [0.3, 0.4) is 0 Å². The summed E-state index contributed by atoms with van der Waals surface area (Å²) < 4.78 is 2.34. The Morgan fingerprint density at radius 1 is 0.741 bits per heavy atom. The third kappa shape index (κ3) is 4.81. The standard InChI is InChI=1S/C20H18Cl2N2O3/c21-16-5-1-14(2-6-16)9-11-23-18(25)13-19(26)24(20(23)27)12-10-15-3-7-17(22)8-4-15/h1-8,13,25H,9-12H2. The number of halogens is 2. The molecule has 0 saturated carbocycles. The van der Waals surface area contributed by atoms with Gasteiger partial charge in [-0.2, -0.15) is 0 Å². The first-order valence-corrected chi connectivity index (χ1v) is 9.22. The number of aryl methyl sites for hydroxylation is 2. The number of nitrogens with zero attached hydrogens (tertiary/aromatic N) is 2. The molecule has 1 N–H and O–H groups in total. The molecule has 140 valence electrons. The Labute approximate surface area is 166 Å². The minimum absolute atomic E-state index is 0.223. The highest BCUT2D eigenvalue weighted by molar-refractivity contribution is 6.30. The molecule has 5 nitrogen and oxygen atoms in total. The van der Waals surface area contributed by atoms with Crippen LogP contribution in [0.15, 0.2) is 64.2 Å². The molecule has 0 unspecified atom stereocenters. The Morgan fingerprint density at radius 3 is 1.67 bits per heavy atom. The van der Waals surface area contributed by atoms with E-state index in [1.54, 1.807) is 24.3 Å². The van der Waals surface area contributed by atoms with Crippen LogP contribution in [0.4, 0.5) is 0 Å². The van der Waals surface area contributed by atoms with Crippen molar-refractivity contribution in [2.45, 2.75) is 25.9 Å². The SMILES string of the molecule is O=c1cc(O)n(CCc2ccc(Cl)cc2)c(=O)n1CCc1ccc(Cl)cc1. The van der Waals surface area contributed by atoms with E-state index in [0.717, 1.165) is 21.8 Å². The zero-order valence-electron chi connectivity index (χ0n) is 14.4. The molecule has 0 aliphatic rings. The van der Waals surface area contributed by atoms with Gasteiger partial charge in [-0.25, -0.2) is 4.79 Å². The molecule has 7 heteroatoms. The second-order valence-corrected chi connectivity index (χ2v) is 7.05. The number of hydrogen-bond donors (Lipinski definition) is 1. The van der Waals surface area contributed by atoms with Gasteiger partial charge in [-0.3, -0.25) is 13.9 Å². The number of rotatable bonds is 6. The summed E-state index contributed by atoms with van der Waals surface area (Å²) in [7, 11) is 0. The van der Waals surface area contributed by atoms with Crippen LogP contribution in [0, 0.1) is 0 Å². The summed E-state index contributed by atoms with van der Waals surface area (Å²) in [6.07, 6.45) is 1.04. The molecular formula is C20H18Cl2N2O3. The van der Waals surface area contributed by atoms with Crippen LogP contribution >= 0.6 is 23.2 Å². The van der Waals surface area contributed by atoms with Gasteiger partial charge in [0.1, 0.15) is 0 Å². The Kier molecular flexibility index (Phi) is 6.04. The summed E-state index contributed by atoms with van der Waals surface area (Å²) in [4.78, 5) is 24.8. The monoisotopic (exact) mass is 404 g/mol. The molecule has 0 radical (unpaired) electrons. The predicted octanol–water partition coefficient (Wildman–Crippen LogP) is 3.51. The molecule has 27 heavy (non-hydrogen) atoms. The highest BCUT2D eigenvalue weighted by Crippen LogP contribution is 2.12. The average molecular weight is 405 g/mol. The van der Waals surface area contributed by atoms with E-state index in [0.29, 0.717) is 22.9 Å². The molecule has 0 atom stereocenters. The van der Waals surface area contributed by atoms with Crippen molar-refractivity contribution in [3.8, 4) is 5.88 Å². The van der Waals surface area contributed by atoms with E-state index in [2.05, 4.69) is 0 Å². The predicted molar refractivity (Wildman–Crippen MR) is 107 cm³/mol. The molecule has 0 amide bonds. The summed E-state index contributed by atoms with van der Waals surface area (Å²) in [6.45, 7) is 0.480. The maximum Gasteiger partial charge on any atom is 0.333 e. The van der Waals surface area contributed by atoms with Crippen molar-refractivity contribution in [1.82, 2.24) is 9.13 Å². The van der Waals surface area contributed by atoms with Gasteiger partial charge in [-0.05, 0) is 48.2 Å². The van der Waals surface area contributed by atoms with Crippen LogP contribution < -0.4 is 11.2 Å². The number of aromatic hydroxyl groups is 1. The largest absolute Gasteiger partial charge is 0.494 e. The lowest BCUT2D eigenvalue weighted by molar-refractivity contribution is 0.388. The van der Waals surface area contributed by atoms with Crippen molar-refractivity contribution < 1.29 is 5.11 Å². The van der Waals surface area contributed by atoms with E-state index in [1.807, 2.05) is 24.3 Å². The van der Waals surface area contributed by atoms with Crippen LogP contribution in [0.5, 0.6) is 5.88 Å². The van der Waals surface area contributed by atoms with Gasteiger partial charge in [0.15, 0.2) is 0 Å². The quantitative estimate of drug-likeness (QED) is 0.683. The average Bonchev–Trinajstić information content (AvgIpc) is 2.64. The summed E-state index contributed by atoms with van der Waals surface area (Å²) in [5.41, 5.74) is 0.897. The molecule has 3 aromatic rings. The van der Waals surface area contributed by atoms with Crippen LogP contribution in [-0.2, 0) is 25.9 Å². The van der Waals surface area contributed by atoms with Crippen molar-refractivity contribution in [3.05, 3.63) is 96.6 Å². The topological polar surface area (TPSA) is 64.2 Å². The van der Waals surface area contributed by atoms with Gasteiger partial charge < -0.3 is 5.11 Å². The smallest absolute Gasteiger partial charge is 0.333 e. The van der Waals surface area contributed by atoms with E-state index >= 15 is 0 Å². The molecule has 0 spiro atoms. The maximum absolute atomic E-state index is 12.7. The summed E-state index contributed by atoms with van der Waals surface area (Å²) in [5, 5.41) is 11.3. The fourth-order valence-electron chi connectivity index (χ4n) is 2.80. The molecule has 2 aromatic carbocycles. The molecule has 3 rings (SSSR count). The van der Waals surface area contributed by atoms with E-state index in [9.17, 15) is 14.7 Å². The molecule has 1 aromatic heterocycles. The van der Waals surface area contributed by atoms with Gasteiger partial charge in [0.25, 0.3) is 5.56 Å². The third-order valence-electron chi connectivity index (χ3n) is 4.33. The Hall–Kier alpha value is -2.50. The van der Waals surface area contributed by atoms with Crippen molar-refractivity contribution in [3.63, 3.8) is 0 Å². The normalized spacial score (nSPS) is 10.9. The Balaban J connectivity index is 1.79. The summed E-state index contributed by atoms with van der Waals surface area (Å²) in [6, 6.07) is 15.6. The lowest BCUT2D eigenvalue weighted by Gasteiger charge is -2.12. The van der Waals surface area contributed by atoms with Crippen molar-refractivity contribution >= 4 is 23.2 Å². The lowest BCUT2D eigenvalue weighted by Crippen LogP contribution is -2.40. The second-order valence-electron chi connectivity index (χ2n) is 6.18. The van der Waals surface area contributed by atoms with E-state index in [-0.39, 0.29) is 19.0 Å². The zero-order valence-corrected chi connectivity index (χ0v) is 16.0. The van der Waals surface area contributed by atoms with Crippen LogP contribution in [-0.4, -0.2) is 14.2 Å². The van der Waals surface area contributed by atoms with E-state index < -0.39 is 11.2 Å². The maximum atomic E-state index is 12.7. The Bertz CT molecular complexity index is 1040. The van der Waals surface area contributed by atoms with Gasteiger partial charge in [-0.15, -0.1) is 0 Å². The van der Waals surface area contributed by atoms with Gasteiger partial charge in [0.2, 0.25) is 5.88 Å². The first kappa shape index (κ1) is 19.3. The van der Waals surface area contributed by atoms with Crippen LogP contribution in [0.1, 0.15) is 11.1 Å². The molecule has 0 saturated heterocycles. The van der Waals surface area contributed by atoms with Gasteiger partial charge in [0.05, 0.1) is 6.07 Å². The number of aromatic nitrogens is 2. The van der Waals surface area contributed by atoms with Gasteiger partial charge >= 0.3 is 5.69 Å². The second kappa shape index (κ2) is 8.46. The summed E-state index contributed by atoms with van der Waals surface area (Å²) >= 11 is 11.7. The molecule has 0 bridgehead atoms. The van der Waals surface area contributed by atoms with E-state index in [4.69, 9.17) is 23.2 Å². The van der Waals surface area contributed by atoms with Crippen LogP contribution in [0.25, 0.3) is 0 Å². The highest BCUT2D eigenvalue weighted by Gasteiger charge is 2.11. The first-order valence-electron chi connectivity index (χ1n) is 8.46. The molecule has 0 aliphatic heterocycles. The van der Waals surface area contributed by atoms with Gasteiger partial charge in [0, 0.05) is 23.1 Å². The lowest BCUT2D eigenvalue weighted by atomic mass is 10.1. The molecule has 0 aliphatic carbocycles. The first-order chi connectivity index (χ1) is 12.9. The fourth-order valence-corrected chi connectivity index (χ4v) is 3.06. The minimum Gasteiger partial charge on any atom is -0.494 e. The summed E-state index contributed by atoms with van der Waals surface area (Å²) in [5.74, 6) is -0.332. The molecule has 0 fully saturated rings. The van der Waals surface area contributed by atoms with E-state index in [1.165, 1.54) is 4.57 Å². The van der Waals surface area contributed by atoms with Gasteiger partial charge in [-0.1, -0.05) is 47.5 Å². The van der Waals surface area contributed by atoms with Crippen molar-refractivity contribution in [1.29, 1.82) is 0 Å². The van der Waals surface area contributed by atoms with Crippen molar-refractivity contribution in [2.75, 3.05) is 0 Å². The number of benzene rings is 2. The van der Waals surface area contributed by atoms with Crippen LogP contribution in [0.2, 0.25) is 10.0 Å². The fraction of sp³-hybridized carbons (Fsp3) is 0.200. The minimum atomic E-state index is -0.525. The molecule has 1 heterocycles. The molecular weight excluding hydrogens is 387 g/mol. The zero-order chi connectivity index (χ0) is 19.4.